The minimum atomic E-state index is -0.549. The van der Waals surface area contributed by atoms with E-state index in [4.69, 9.17) is 37.9 Å². The first kappa shape index (κ1) is 44.2. The van der Waals surface area contributed by atoms with Crippen molar-refractivity contribution >= 4 is 5.97 Å². The molecule has 50 heavy (non-hydrogen) atoms. The van der Waals surface area contributed by atoms with Crippen LogP contribution in [0.1, 0.15) is 56.9 Å². The Morgan fingerprint density at radius 3 is 1.80 bits per heavy atom. The van der Waals surface area contributed by atoms with Crippen molar-refractivity contribution in [2.24, 2.45) is 11.8 Å². The number of benzene rings is 1. The van der Waals surface area contributed by atoms with Crippen LogP contribution in [0.15, 0.2) is 42.5 Å². The predicted octanol–water partition coefficient (Wildman–Crippen LogP) is 3.52. The zero-order chi connectivity index (χ0) is 35.9. The maximum absolute atomic E-state index is 12.0. The van der Waals surface area contributed by atoms with Gasteiger partial charge in [0.05, 0.1) is 104 Å². The molecule has 1 aliphatic carbocycles. The van der Waals surface area contributed by atoms with Gasteiger partial charge in [0.15, 0.2) is 0 Å². The van der Waals surface area contributed by atoms with E-state index in [1.54, 1.807) is 7.11 Å². The summed E-state index contributed by atoms with van der Waals surface area (Å²) in [5.74, 6) is -0.318. The Kier molecular flexibility index (Phi) is 27.1. The molecule has 2 rings (SSSR count). The third-order valence-corrected chi connectivity index (χ3v) is 8.57. The van der Waals surface area contributed by atoms with Gasteiger partial charge in [-0.05, 0) is 68.8 Å². The van der Waals surface area contributed by atoms with Gasteiger partial charge in [0.25, 0.3) is 0 Å². The number of hydrogen-bond donors (Lipinski definition) is 3. The second kappa shape index (κ2) is 30.6. The summed E-state index contributed by atoms with van der Waals surface area (Å²) in [5, 5.41) is 31.6. The van der Waals surface area contributed by atoms with E-state index in [-0.39, 0.29) is 24.4 Å². The van der Waals surface area contributed by atoms with E-state index in [2.05, 4.69) is 12.1 Å². The van der Waals surface area contributed by atoms with Gasteiger partial charge in [-0.1, -0.05) is 42.5 Å². The normalized spacial score (nSPS) is 19.8. The van der Waals surface area contributed by atoms with Crippen molar-refractivity contribution in [1.29, 1.82) is 0 Å². The molecule has 3 N–H and O–H groups in total. The summed E-state index contributed by atoms with van der Waals surface area (Å²) in [6.07, 6.45) is 8.13. The summed E-state index contributed by atoms with van der Waals surface area (Å²) in [6, 6.07) is 10.1. The topological polar surface area (TPSA) is 152 Å². The van der Waals surface area contributed by atoms with E-state index in [1.165, 1.54) is 5.56 Å². The molecule has 0 heterocycles. The van der Waals surface area contributed by atoms with Crippen molar-refractivity contribution in [2.75, 3.05) is 99.6 Å². The molecule has 5 atom stereocenters. The fourth-order valence-corrected chi connectivity index (χ4v) is 5.78. The van der Waals surface area contributed by atoms with Crippen LogP contribution in [0.25, 0.3) is 0 Å². The zero-order valence-corrected chi connectivity index (χ0v) is 30.2. The van der Waals surface area contributed by atoms with Gasteiger partial charge < -0.3 is 53.2 Å². The van der Waals surface area contributed by atoms with E-state index in [9.17, 15) is 20.1 Å². The number of carbonyl (C=O) groups is 1. The van der Waals surface area contributed by atoms with E-state index in [0.717, 1.165) is 12.8 Å². The van der Waals surface area contributed by atoms with Gasteiger partial charge in [-0.2, -0.15) is 0 Å². The van der Waals surface area contributed by atoms with Crippen LogP contribution >= 0.6 is 0 Å². The highest BCUT2D eigenvalue weighted by atomic mass is 16.6. The molecule has 0 bridgehead atoms. The van der Waals surface area contributed by atoms with E-state index < -0.39 is 18.3 Å². The lowest BCUT2D eigenvalue weighted by Gasteiger charge is -2.23. The first-order valence-corrected chi connectivity index (χ1v) is 18.3. The molecule has 0 unspecified atom stereocenters. The second-order valence-corrected chi connectivity index (χ2v) is 12.4. The third-order valence-electron chi connectivity index (χ3n) is 8.57. The number of ether oxygens (including phenoxy) is 8. The lowest BCUT2D eigenvalue weighted by molar-refractivity contribution is -0.145. The Hall–Kier alpha value is -1.97. The van der Waals surface area contributed by atoms with E-state index >= 15 is 0 Å². The number of allylic oxidation sites excluding steroid dienone is 2. The van der Waals surface area contributed by atoms with Crippen LogP contribution < -0.4 is 0 Å². The van der Waals surface area contributed by atoms with Gasteiger partial charge in [0.2, 0.25) is 0 Å². The Labute approximate surface area is 299 Å². The lowest BCUT2D eigenvalue weighted by Crippen LogP contribution is -2.23. The molecule has 1 aliphatic rings. The van der Waals surface area contributed by atoms with Crippen LogP contribution in [-0.4, -0.2) is 139 Å². The average molecular weight is 713 g/mol. The summed E-state index contributed by atoms with van der Waals surface area (Å²) < 4.78 is 42.6. The predicted molar refractivity (Wildman–Crippen MR) is 189 cm³/mol. The monoisotopic (exact) mass is 712 g/mol. The largest absolute Gasteiger partial charge is 0.463 e. The third kappa shape index (κ3) is 22.8. The Morgan fingerprint density at radius 1 is 0.720 bits per heavy atom. The maximum atomic E-state index is 12.0. The molecule has 0 aliphatic heterocycles. The smallest absolute Gasteiger partial charge is 0.305 e. The van der Waals surface area contributed by atoms with Crippen LogP contribution in [0, 0.1) is 11.8 Å². The average Bonchev–Trinajstić information content (AvgIpc) is 3.39. The number of aliphatic hydroxyl groups excluding tert-OH is 3. The zero-order valence-electron chi connectivity index (χ0n) is 30.2. The fourth-order valence-electron chi connectivity index (χ4n) is 5.78. The number of rotatable bonds is 33. The van der Waals surface area contributed by atoms with Crippen molar-refractivity contribution in [2.45, 2.75) is 76.1 Å². The highest BCUT2D eigenvalue weighted by Crippen LogP contribution is 2.38. The van der Waals surface area contributed by atoms with Crippen LogP contribution in [0.3, 0.4) is 0 Å². The quantitative estimate of drug-likeness (QED) is 0.0556. The molecule has 12 nitrogen and oxygen atoms in total. The summed E-state index contributed by atoms with van der Waals surface area (Å²) >= 11 is 0. The molecule has 288 valence electrons. The van der Waals surface area contributed by atoms with Crippen LogP contribution in [0.4, 0.5) is 0 Å². The molecule has 0 spiro atoms. The van der Waals surface area contributed by atoms with Crippen molar-refractivity contribution in [3.63, 3.8) is 0 Å². The first-order valence-electron chi connectivity index (χ1n) is 18.3. The maximum Gasteiger partial charge on any atom is 0.305 e. The highest BCUT2D eigenvalue weighted by molar-refractivity contribution is 5.69. The van der Waals surface area contributed by atoms with Gasteiger partial charge in [0, 0.05) is 13.5 Å². The van der Waals surface area contributed by atoms with Crippen LogP contribution in [0.2, 0.25) is 0 Å². The van der Waals surface area contributed by atoms with Crippen molar-refractivity contribution in [3.8, 4) is 0 Å². The van der Waals surface area contributed by atoms with E-state index in [1.807, 2.05) is 30.4 Å². The number of esters is 1. The van der Waals surface area contributed by atoms with Gasteiger partial charge >= 0.3 is 5.97 Å². The van der Waals surface area contributed by atoms with E-state index in [0.29, 0.717) is 131 Å². The molecule has 12 heteroatoms. The highest BCUT2D eigenvalue weighted by Gasteiger charge is 2.40. The molecule has 1 saturated carbocycles. The number of aliphatic hydroxyl groups is 3. The van der Waals surface area contributed by atoms with Crippen LogP contribution in [0.5, 0.6) is 0 Å². The van der Waals surface area contributed by atoms with Crippen molar-refractivity contribution in [1.82, 2.24) is 0 Å². The summed E-state index contributed by atoms with van der Waals surface area (Å²) in [5.41, 5.74) is 1.21. The Bertz CT molecular complexity index is 949. The number of aryl methyl sites for hydroxylation is 1. The van der Waals surface area contributed by atoms with Crippen molar-refractivity contribution < 1.29 is 58.0 Å². The number of carbonyl (C=O) groups excluding carboxylic acids is 1. The van der Waals surface area contributed by atoms with Gasteiger partial charge in [-0.15, -0.1) is 0 Å². The molecule has 0 radical (unpaired) electrons. The molecule has 0 amide bonds. The Balaban J connectivity index is 1.36. The summed E-state index contributed by atoms with van der Waals surface area (Å²) in [6.45, 7) is 6.51. The molecule has 1 aromatic carbocycles. The Morgan fingerprint density at radius 2 is 1.24 bits per heavy atom. The number of hydrogen-bond acceptors (Lipinski definition) is 12. The van der Waals surface area contributed by atoms with Gasteiger partial charge in [0.1, 0.15) is 6.61 Å². The first-order chi connectivity index (χ1) is 24.5. The van der Waals surface area contributed by atoms with Crippen molar-refractivity contribution in [3.05, 3.63) is 48.0 Å². The minimum absolute atomic E-state index is 0.0312. The minimum Gasteiger partial charge on any atom is -0.463 e. The summed E-state index contributed by atoms with van der Waals surface area (Å²) in [7, 11) is 1.64. The summed E-state index contributed by atoms with van der Waals surface area (Å²) in [4.78, 5) is 12.0. The molecular weight excluding hydrogens is 648 g/mol. The number of unbranched alkanes of at least 4 members (excludes halogenated alkanes) is 1. The van der Waals surface area contributed by atoms with Gasteiger partial charge in [-0.3, -0.25) is 4.79 Å². The molecule has 1 fully saturated rings. The SMILES string of the molecule is COCCOCCOCCOCCOCCOCCOCCOC(=O)CCC/C=C\C[C@@H]1[C@@H](CC[C@@H](O)CCc2ccccc2)[C@H](O)C[C@@H]1O. The molecular formula is C38H64O12. The molecule has 0 saturated heterocycles. The standard InChI is InChI=1S/C38H64O12/c1-43-17-18-44-19-20-45-21-22-46-23-24-47-25-26-48-27-28-49-29-30-50-38(42)12-8-3-2-7-11-34-35(37(41)31-36(34)40)16-15-33(39)14-13-32-9-5-4-6-10-32/h2,4-7,9-10,33-37,39-41H,3,8,11-31H2,1H3/b7-2-/t33-,34+,35+,36-,37+/m0/s1. The second-order valence-electron chi connectivity index (χ2n) is 12.4. The fraction of sp³-hybridized carbons (Fsp3) is 0.763. The number of methoxy groups -OCH3 is 1. The van der Waals surface area contributed by atoms with Crippen LogP contribution in [-0.2, 0) is 49.1 Å². The molecule has 1 aromatic rings. The van der Waals surface area contributed by atoms with Gasteiger partial charge in [-0.25, -0.2) is 0 Å². The lowest BCUT2D eigenvalue weighted by atomic mass is 9.85. The molecule has 0 aromatic heterocycles.